The third kappa shape index (κ3) is 9.38. The zero-order chi connectivity index (χ0) is 35.0. The second kappa shape index (κ2) is 15.2. The van der Waals surface area contributed by atoms with Crippen molar-refractivity contribution in [1.82, 2.24) is 19.7 Å². The first-order valence-electron chi connectivity index (χ1n) is 14.0. The number of hydrogen-bond acceptors (Lipinski definition) is 12. The molecule has 2 aromatic heterocycles. The van der Waals surface area contributed by atoms with Crippen molar-refractivity contribution in [3.05, 3.63) is 124 Å². The molecule has 18 heteroatoms. The molecule has 1 atom stereocenters. The van der Waals surface area contributed by atoms with Gasteiger partial charge < -0.3 is 24.0 Å². The van der Waals surface area contributed by atoms with Crippen molar-refractivity contribution in [1.29, 1.82) is 5.26 Å². The van der Waals surface area contributed by atoms with Gasteiger partial charge in [-0.05, 0) is 42.0 Å². The largest absolute Gasteiger partial charge is 0.512 e. The van der Waals surface area contributed by atoms with Crippen molar-refractivity contribution >= 4 is 31.3 Å². The standard InChI is InChI=1S/C31H24F2N5O9PS/c32-24-9-10-25(26(33)11-24)31(16-38-18-35-17-36-38,12-28-37-27(15-49-28)22-5-1-20(13-34)2-6-22)47-30(40)45-19-44-29(39)23-7-3-21(4-8-23)14-46-48(41,42)43/h1-11,15,17-18H,12,14,16,19H2,(H2,41,42,43). The molecular formula is C31H24F2N5O9PS. The molecule has 3 aromatic carbocycles. The predicted octanol–water partition coefficient (Wildman–Crippen LogP) is 5.27. The fourth-order valence-electron chi connectivity index (χ4n) is 4.58. The van der Waals surface area contributed by atoms with E-state index in [4.69, 9.17) is 29.3 Å². The minimum absolute atomic E-state index is 0.0210. The first kappa shape index (κ1) is 35.0. The van der Waals surface area contributed by atoms with Crippen LogP contribution >= 0.6 is 19.2 Å². The van der Waals surface area contributed by atoms with Crippen molar-refractivity contribution in [2.45, 2.75) is 25.2 Å². The van der Waals surface area contributed by atoms with Crippen LogP contribution in [-0.2, 0) is 48.5 Å². The van der Waals surface area contributed by atoms with Gasteiger partial charge in [-0.1, -0.05) is 24.3 Å². The lowest BCUT2D eigenvalue weighted by atomic mass is 9.89. The Kier molecular flexibility index (Phi) is 10.9. The molecule has 2 heterocycles. The minimum atomic E-state index is -4.69. The van der Waals surface area contributed by atoms with Crippen LogP contribution in [0.3, 0.4) is 0 Å². The Morgan fingerprint density at radius 3 is 2.45 bits per heavy atom. The maximum atomic E-state index is 15.5. The number of phosphoric ester groups is 1. The summed E-state index contributed by atoms with van der Waals surface area (Å²) in [6.45, 7) is -1.63. The zero-order valence-electron chi connectivity index (χ0n) is 25.0. The van der Waals surface area contributed by atoms with Crippen LogP contribution in [0.15, 0.2) is 84.8 Å². The summed E-state index contributed by atoms with van der Waals surface area (Å²) in [5.74, 6) is -2.81. The Morgan fingerprint density at radius 2 is 1.80 bits per heavy atom. The molecule has 5 rings (SSSR count). The Balaban J connectivity index is 1.35. The summed E-state index contributed by atoms with van der Waals surface area (Å²) in [7, 11) is -4.69. The first-order chi connectivity index (χ1) is 23.4. The van der Waals surface area contributed by atoms with Gasteiger partial charge in [0, 0.05) is 29.0 Å². The zero-order valence-corrected chi connectivity index (χ0v) is 26.7. The topological polar surface area (TPSA) is 196 Å². The van der Waals surface area contributed by atoms with Gasteiger partial charge in [0.05, 0.1) is 41.0 Å². The summed E-state index contributed by atoms with van der Waals surface area (Å²) < 4.78 is 61.9. The van der Waals surface area contributed by atoms with Gasteiger partial charge >= 0.3 is 19.9 Å². The summed E-state index contributed by atoms with van der Waals surface area (Å²) in [4.78, 5) is 51.8. The van der Waals surface area contributed by atoms with E-state index in [1.54, 1.807) is 29.6 Å². The minimum Gasteiger partial charge on any atom is -0.424 e. The van der Waals surface area contributed by atoms with Crippen LogP contribution in [0.5, 0.6) is 0 Å². The smallest absolute Gasteiger partial charge is 0.424 e. The fourth-order valence-corrected chi connectivity index (χ4v) is 5.80. The van der Waals surface area contributed by atoms with Crippen LogP contribution in [0.25, 0.3) is 11.3 Å². The third-order valence-electron chi connectivity index (χ3n) is 6.84. The quantitative estimate of drug-likeness (QED) is 0.0912. The molecule has 1 unspecified atom stereocenters. The number of nitrogens with zero attached hydrogens (tertiary/aromatic N) is 5. The summed E-state index contributed by atoms with van der Waals surface area (Å²) in [6.07, 6.45) is 0.919. The van der Waals surface area contributed by atoms with Crippen LogP contribution in [0, 0.1) is 23.0 Å². The molecule has 0 aliphatic rings. The van der Waals surface area contributed by atoms with Crippen LogP contribution in [0.1, 0.15) is 32.1 Å². The van der Waals surface area contributed by atoms with Gasteiger partial charge in [0.2, 0.25) is 6.79 Å². The van der Waals surface area contributed by atoms with Gasteiger partial charge in [-0.15, -0.1) is 11.3 Å². The SMILES string of the molecule is N#Cc1ccc(-c2csc(CC(Cn3cncn3)(OC(=O)OCOC(=O)c3ccc(COP(=O)(O)O)cc3)c3ccc(F)cc3F)n2)cc1. The number of carbonyl (C=O) groups is 2. The first-order valence-corrected chi connectivity index (χ1v) is 16.4. The molecule has 0 saturated heterocycles. The van der Waals surface area contributed by atoms with E-state index in [1.165, 1.54) is 52.9 Å². The highest BCUT2D eigenvalue weighted by atomic mass is 32.1. The number of carbonyl (C=O) groups excluding carboxylic acids is 2. The number of ether oxygens (including phenoxy) is 3. The lowest BCUT2D eigenvalue weighted by molar-refractivity contribution is -0.0788. The molecule has 2 N–H and O–H groups in total. The van der Waals surface area contributed by atoms with E-state index in [2.05, 4.69) is 19.6 Å². The highest BCUT2D eigenvalue weighted by Gasteiger charge is 2.42. The van der Waals surface area contributed by atoms with E-state index in [9.17, 15) is 18.5 Å². The van der Waals surface area contributed by atoms with E-state index in [1.807, 2.05) is 6.07 Å². The number of phosphoric acid groups is 1. The number of aromatic nitrogens is 4. The second-order valence-corrected chi connectivity index (χ2v) is 12.4. The molecular weight excluding hydrogens is 687 g/mol. The van der Waals surface area contributed by atoms with Crippen molar-refractivity contribution in [3.63, 3.8) is 0 Å². The Hall–Kier alpha value is -5.37. The van der Waals surface area contributed by atoms with E-state index in [0.717, 1.165) is 12.1 Å². The molecule has 14 nitrogen and oxygen atoms in total. The van der Waals surface area contributed by atoms with Crippen molar-refractivity contribution in [2.24, 2.45) is 0 Å². The van der Waals surface area contributed by atoms with Gasteiger partial charge in [-0.25, -0.2) is 37.6 Å². The van der Waals surface area contributed by atoms with Crippen LogP contribution in [-0.4, -0.2) is 48.5 Å². The Labute approximate surface area is 280 Å². The average Bonchev–Trinajstić information content (AvgIpc) is 3.76. The highest BCUT2D eigenvalue weighted by molar-refractivity contribution is 7.46. The monoisotopic (exact) mass is 711 g/mol. The number of esters is 1. The van der Waals surface area contributed by atoms with Crippen LogP contribution in [0.2, 0.25) is 0 Å². The number of benzene rings is 3. The number of nitriles is 1. The van der Waals surface area contributed by atoms with Crippen molar-refractivity contribution < 1.29 is 51.5 Å². The lowest BCUT2D eigenvalue weighted by Crippen LogP contribution is -2.40. The van der Waals surface area contributed by atoms with Gasteiger partial charge in [0.1, 0.15) is 24.3 Å². The molecule has 0 aliphatic carbocycles. The molecule has 5 aromatic rings. The number of thiazole rings is 1. The molecule has 49 heavy (non-hydrogen) atoms. The number of hydrogen-bond donors (Lipinski definition) is 2. The summed E-state index contributed by atoms with van der Waals surface area (Å²) >= 11 is 1.18. The Bertz CT molecular complexity index is 2020. The molecule has 0 amide bonds. The predicted molar refractivity (Wildman–Crippen MR) is 165 cm³/mol. The maximum Gasteiger partial charge on any atom is 0.512 e. The van der Waals surface area contributed by atoms with Gasteiger partial charge in [-0.2, -0.15) is 10.4 Å². The van der Waals surface area contributed by atoms with Crippen molar-refractivity contribution in [2.75, 3.05) is 6.79 Å². The van der Waals surface area contributed by atoms with E-state index < -0.39 is 50.6 Å². The summed E-state index contributed by atoms with van der Waals surface area (Å²) in [5.41, 5.74) is -0.0838. The van der Waals surface area contributed by atoms with Gasteiger partial charge in [0.25, 0.3) is 0 Å². The third-order valence-corrected chi connectivity index (χ3v) is 8.15. The molecule has 0 aliphatic heterocycles. The van der Waals surface area contributed by atoms with Crippen molar-refractivity contribution in [3.8, 4) is 17.3 Å². The van der Waals surface area contributed by atoms with E-state index in [0.29, 0.717) is 33.5 Å². The molecule has 0 bridgehead atoms. The molecule has 0 fully saturated rings. The molecule has 252 valence electrons. The maximum absolute atomic E-state index is 15.5. The average molecular weight is 712 g/mol. The number of halogens is 2. The van der Waals surface area contributed by atoms with E-state index in [-0.39, 0.29) is 24.1 Å². The molecule has 0 saturated carbocycles. The van der Waals surface area contributed by atoms with Gasteiger partial charge in [0.15, 0.2) is 5.60 Å². The van der Waals surface area contributed by atoms with E-state index >= 15 is 4.39 Å². The summed E-state index contributed by atoms with van der Waals surface area (Å²) in [6, 6.07) is 16.8. The van der Waals surface area contributed by atoms with Crippen LogP contribution in [0.4, 0.5) is 13.6 Å². The fraction of sp³-hybridized carbons (Fsp3) is 0.161. The molecule has 0 radical (unpaired) electrons. The van der Waals surface area contributed by atoms with Gasteiger partial charge in [-0.3, -0.25) is 4.52 Å². The second-order valence-electron chi connectivity index (χ2n) is 10.2. The highest BCUT2D eigenvalue weighted by Crippen LogP contribution is 2.38. The number of rotatable bonds is 13. The lowest BCUT2D eigenvalue weighted by Gasteiger charge is -2.33. The normalized spacial score (nSPS) is 12.5. The Morgan fingerprint density at radius 1 is 1.04 bits per heavy atom. The van der Waals surface area contributed by atoms with Crippen LogP contribution < -0.4 is 0 Å². The summed E-state index contributed by atoms with van der Waals surface area (Å²) in [5, 5.41) is 15.3. The molecule has 0 spiro atoms.